The second-order valence-corrected chi connectivity index (χ2v) is 3.31. The average Bonchev–Trinajstić information content (AvgIpc) is 2.20. The molecule has 9 nitrogen and oxygen atoms in total. The van der Waals surface area contributed by atoms with Crippen molar-refractivity contribution < 1.29 is 9.90 Å². The maximum atomic E-state index is 10.8. The maximum absolute atomic E-state index is 10.8. The number of nitrogens with one attached hydrogen (secondary N) is 3. The maximum Gasteiger partial charge on any atom is 0.320 e. The fourth-order valence-corrected chi connectivity index (χ4v) is 1.09. The van der Waals surface area contributed by atoms with Crippen molar-refractivity contribution in [1.29, 1.82) is 5.41 Å². The van der Waals surface area contributed by atoms with Crippen LogP contribution in [0, 0.1) is 5.41 Å². The van der Waals surface area contributed by atoms with Gasteiger partial charge in [-0.2, -0.15) is 0 Å². The molecular formula is C8H19N7O2. The standard InChI is InChI=1S/C8H19N7O2/c9-7(10)13-3-1-2-5(6(16)17)14-4-15-8(11)12/h5,14H,1-4H2,(H,16,17)(H4,9,10,13)(H4,11,12,15)/t5-/m0/s1. The number of nitrogens with zero attached hydrogens (tertiary/aromatic N) is 1. The van der Waals surface area contributed by atoms with Crippen molar-refractivity contribution in [3.8, 4) is 0 Å². The Bertz CT molecular complexity index is 288. The molecule has 98 valence electrons. The number of hydrogen-bond acceptors (Lipinski definition) is 4. The number of nitrogens with two attached hydrogens (primary N) is 3. The Balaban J connectivity index is 3.87. The molecule has 0 aromatic heterocycles. The Morgan fingerprint density at radius 2 is 2.06 bits per heavy atom. The summed E-state index contributed by atoms with van der Waals surface area (Å²) >= 11 is 0. The minimum absolute atomic E-state index is 0.0110. The number of hydrogen-bond donors (Lipinski definition) is 7. The monoisotopic (exact) mass is 245 g/mol. The van der Waals surface area contributed by atoms with Crippen LogP contribution in [0.2, 0.25) is 0 Å². The number of carbonyl (C=O) groups is 1. The molecule has 0 saturated carbocycles. The van der Waals surface area contributed by atoms with Crippen LogP contribution in [0.4, 0.5) is 0 Å². The highest BCUT2D eigenvalue weighted by atomic mass is 16.4. The average molecular weight is 245 g/mol. The molecule has 10 N–H and O–H groups in total. The van der Waals surface area contributed by atoms with Gasteiger partial charge in [0.1, 0.15) is 6.04 Å². The number of carboxylic acids is 1. The molecule has 0 aromatic rings. The molecule has 17 heavy (non-hydrogen) atoms. The second kappa shape index (κ2) is 8.16. The third kappa shape index (κ3) is 8.93. The van der Waals surface area contributed by atoms with E-state index >= 15 is 0 Å². The van der Waals surface area contributed by atoms with Gasteiger partial charge in [0.15, 0.2) is 11.9 Å². The zero-order valence-electron chi connectivity index (χ0n) is 9.44. The van der Waals surface area contributed by atoms with Crippen molar-refractivity contribution in [1.82, 2.24) is 10.6 Å². The number of rotatable bonds is 8. The van der Waals surface area contributed by atoms with E-state index in [1.807, 2.05) is 0 Å². The van der Waals surface area contributed by atoms with E-state index in [2.05, 4.69) is 15.6 Å². The van der Waals surface area contributed by atoms with Crippen molar-refractivity contribution in [3.63, 3.8) is 0 Å². The van der Waals surface area contributed by atoms with E-state index in [1.165, 1.54) is 0 Å². The molecule has 0 unspecified atom stereocenters. The minimum Gasteiger partial charge on any atom is -0.480 e. The van der Waals surface area contributed by atoms with Crippen LogP contribution in [0.1, 0.15) is 12.8 Å². The van der Waals surface area contributed by atoms with E-state index in [-0.39, 0.29) is 18.6 Å². The Kier molecular flexibility index (Phi) is 7.19. The Hall–Kier alpha value is -2.03. The predicted octanol–water partition coefficient (Wildman–Crippen LogP) is -2.48. The van der Waals surface area contributed by atoms with Gasteiger partial charge in [-0.05, 0) is 12.8 Å². The minimum atomic E-state index is -0.972. The van der Waals surface area contributed by atoms with Crippen molar-refractivity contribution in [2.24, 2.45) is 22.2 Å². The summed E-state index contributed by atoms with van der Waals surface area (Å²) in [4.78, 5) is 14.6. The van der Waals surface area contributed by atoms with Crippen LogP contribution in [0.3, 0.4) is 0 Å². The Labute approximate surface area is 98.9 Å². The molecule has 0 spiro atoms. The highest BCUT2D eigenvalue weighted by Gasteiger charge is 2.15. The summed E-state index contributed by atoms with van der Waals surface area (Å²) in [5.41, 5.74) is 15.3. The molecule has 1 atom stereocenters. The first-order valence-electron chi connectivity index (χ1n) is 5.03. The van der Waals surface area contributed by atoms with E-state index < -0.39 is 12.0 Å². The summed E-state index contributed by atoms with van der Waals surface area (Å²) in [6.07, 6.45) is 0.924. The summed E-state index contributed by atoms with van der Waals surface area (Å²) in [5.74, 6) is -1.20. The lowest BCUT2D eigenvalue weighted by molar-refractivity contribution is -0.139. The molecule has 0 fully saturated rings. The van der Waals surface area contributed by atoms with Gasteiger partial charge < -0.3 is 27.6 Å². The third-order valence-corrected chi connectivity index (χ3v) is 1.87. The molecular weight excluding hydrogens is 226 g/mol. The first kappa shape index (κ1) is 15.0. The van der Waals surface area contributed by atoms with Crippen LogP contribution >= 0.6 is 0 Å². The zero-order chi connectivity index (χ0) is 13.3. The Morgan fingerprint density at radius 3 is 2.53 bits per heavy atom. The predicted molar refractivity (Wildman–Crippen MR) is 64.4 cm³/mol. The Morgan fingerprint density at radius 1 is 1.41 bits per heavy atom. The second-order valence-electron chi connectivity index (χ2n) is 3.31. The van der Waals surface area contributed by atoms with Crippen molar-refractivity contribution in [2.45, 2.75) is 18.9 Å². The molecule has 0 aliphatic rings. The molecule has 0 aromatic carbocycles. The quantitative estimate of drug-likeness (QED) is 0.107. The lowest BCUT2D eigenvalue weighted by atomic mass is 10.1. The van der Waals surface area contributed by atoms with Crippen LogP contribution in [0.5, 0.6) is 0 Å². The van der Waals surface area contributed by atoms with Gasteiger partial charge in [-0.25, -0.2) is 0 Å². The van der Waals surface area contributed by atoms with Gasteiger partial charge in [-0.15, -0.1) is 0 Å². The van der Waals surface area contributed by atoms with E-state index in [0.29, 0.717) is 19.4 Å². The molecule has 0 aliphatic heterocycles. The van der Waals surface area contributed by atoms with Gasteiger partial charge in [0, 0.05) is 6.54 Å². The topological polar surface area (TPSA) is 176 Å². The molecule has 9 heteroatoms. The molecule has 0 rings (SSSR count). The van der Waals surface area contributed by atoms with Crippen LogP contribution in [-0.2, 0) is 4.79 Å². The molecule has 0 radical (unpaired) electrons. The van der Waals surface area contributed by atoms with Gasteiger partial charge >= 0.3 is 5.97 Å². The molecule has 0 saturated heterocycles. The summed E-state index contributed by atoms with van der Waals surface area (Å²) in [6, 6.07) is -0.726. The normalized spacial score (nSPS) is 11.5. The summed E-state index contributed by atoms with van der Waals surface area (Å²) in [6.45, 7) is 0.503. The largest absolute Gasteiger partial charge is 0.480 e. The van der Waals surface area contributed by atoms with Crippen LogP contribution in [-0.4, -0.2) is 42.3 Å². The SMILES string of the molecule is N=C(N)NCN[C@@H](CCCN=C(N)N)C(=O)O. The molecule has 0 amide bonds. The summed E-state index contributed by atoms with van der Waals surface area (Å²) < 4.78 is 0. The van der Waals surface area contributed by atoms with E-state index in [4.69, 9.17) is 27.7 Å². The summed E-state index contributed by atoms with van der Waals surface area (Å²) in [7, 11) is 0. The molecule has 0 aliphatic carbocycles. The van der Waals surface area contributed by atoms with Crippen molar-refractivity contribution in [3.05, 3.63) is 0 Å². The number of aliphatic imine (C=N–C) groups is 1. The van der Waals surface area contributed by atoms with E-state index in [9.17, 15) is 4.79 Å². The van der Waals surface area contributed by atoms with Crippen LogP contribution in [0.25, 0.3) is 0 Å². The lowest BCUT2D eigenvalue weighted by Gasteiger charge is -2.14. The van der Waals surface area contributed by atoms with Crippen molar-refractivity contribution in [2.75, 3.05) is 13.2 Å². The van der Waals surface area contributed by atoms with Crippen molar-refractivity contribution >= 4 is 17.9 Å². The first-order chi connectivity index (χ1) is 7.93. The fourth-order valence-electron chi connectivity index (χ4n) is 1.09. The fraction of sp³-hybridized carbons (Fsp3) is 0.625. The number of aliphatic carboxylic acids is 1. The summed E-state index contributed by atoms with van der Waals surface area (Å²) in [5, 5.41) is 20.9. The first-order valence-corrected chi connectivity index (χ1v) is 5.03. The van der Waals surface area contributed by atoms with Gasteiger partial charge in [0.2, 0.25) is 0 Å². The smallest absolute Gasteiger partial charge is 0.320 e. The number of guanidine groups is 2. The van der Waals surface area contributed by atoms with Crippen LogP contribution in [0.15, 0.2) is 4.99 Å². The van der Waals surface area contributed by atoms with Gasteiger partial charge in [0.05, 0.1) is 6.67 Å². The van der Waals surface area contributed by atoms with E-state index in [0.717, 1.165) is 0 Å². The third-order valence-electron chi connectivity index (χ3n) is 1.87. The number of carboxylic acid groups (broad SMARTS) is 1. The highest BCUT2D eigenvalue weighted by molar-refractivity contribution is 5.76. The van der Waals surface area contributed by atoms with Gasteiger partial charge in [-0.3, -0.25) is 20.5 Å². The highest BCUT2D eigenvalue weighted by Crippen LogP contribution is 1.97. The van der Waals surface area contributed by atoms with Crippen LogP contribution < -0.4 is 27.8 Å². The molecule has 0 bridgehead atoms. The van der Waals surface area contributed by atoms with Gasteiger partial charge in [-0.1, -0.05) is 0 Å². The van der Waals surface area contributed by atoms with E-state index in [1.54, 1.807) is 0 Å². The zero-order valence-corrected chi connectivity index (χ0v) is 9.44. The van der Waals surface area contributed by atoms with Gasteiger partial charge in [0.25, 0.3) is 0 Å². The lowest BCUT2D eigenvalue weighted by Crippen LogP contribution is -2.45. The molecule has 0 heterocycles.